The SMILES string of the molecule is Cl.N[C@@H](c1cc(Br)cc(Cl)c1O)C1CCCCC1. The quantitative estimate of drug-likeness (QED) is 0.800. The Morgan fingerprint density at radius 3 is 2.50 bits per heavy atom. The molecule has 0 saturated heterocycles. The van der Waals surface area contributed by atoms with Gasteiger partial charge in [0, 0.05) is 16.1 Å². The maximum absolute atomic E-state index is 9.99. The van der Waals surface area contributed by atoms with Crippen molar-refractivity contribution in [2.45, 2.75) is 38.1 Å². The van der Waals surface area contributed by atoms with E-state index in [0.29, 0.717) is 10.9 Å². The fourth-order valence-electron chi connectivity index (χ4n) is 2.59. The first-order valence-corrected chi connectivity index (χ1v) is 7.20. The molecule has 102 valence electrons. The van der Waals surface area contributed by atoms with E-state index in [0.717, 1.165) is 22.9 Å². The number of hydrogen-bond donors (Lipinski definition) is 2. The van der Waals surface area contributed by atoms with Gasteiger partial charge in [-0.3, -0.25) is 0 Å². The molecule has 2 rings (SSSR count). The average molecular weight is 355 g/mol. The van der Waals surface area contributed by atoms with Crippen molar-refractivity contribution in [3.05, 3.63) is 27.2 Å². The van der Waals surface area contributed by atoms with E-state index in [4.69, 9.17) is 17.3 Å². The molecule has 1 aromatic carbocycles. The predicted molar refractivity (Wildman–Crippen MR) is 81.6 cm³/mol. The van der Waals surface area contributed by atoms with Gasteiger partial charge in [0.05, 0.1) is 5.02 Å². The molecule has 0 unspecified atom stereocenters. The molecular formula is C13H18BrCl2NO. The number of rotatable bonds is 2. The van der Waals surface area contributed by atoms with Gasteiger partial charge in [0.2, 0.25) is 0 Å². The molecule has 2 nitrogen and oxygen atoms in total. The van der Waals surface area contributed by atoms with Crippen LogP contribution in [0.5, 0.6) is 5.75 Å². The number of aromatic hydroxyl groups is 1. The van der Waals surface area contributed by atoms with Crippen molar-refractivity contribution in [1.82, 2.24) is 0 Å². The Balaban J connectivity index is 0.00000162. The number of halogens is 3. The van der Waals surface area contributed by atoms with Crippen LogP contribution in [0.2, 0.25) is 5.02 Å². The molecule has 1 aliphatic carbocycles. The Labute approximate surface area is 127 Å². The number of nitrogens with two attached hydrogens (primary N) is 1. The summed E-state index contributed by atoms with van der Waals surface area (Å²) in [4.78, 5) is 0. The molecule has 0 aliphatic heterocycles. The van der Waals surface area contributed by atoms with Crippen LogP contribution < -0.4 is 5.73 Å². The summed E-state index contributed by atoms with van der Waals surface area (Å²) in [7, 11) is 0. The van der Waals surface area contributed by atoms with Gasteiger partial charge in [-0.25, -0.2) is 0 Å². The lowest BCUT2D eigenvalue weighted by Crippen LogP contribution is -2.23. The molecule has 1 saturated carbocycles. The number of benzene rings is 1. The lowest BCUT2D eigenvalue weighted by molar-refractivity contribution is 0.303. The van der Waals surface area contributed by atoms with Gasteiger partial charge in [-0.2, -0.15) is 0 Å². The van der Waals surface area contributed by atoms with Crippen LogP contribution in [0, 0.1) is 5.92 Å². The summed E-state index contributed by atoms with van der Waals surface area (Å²) in [6.07, 6.45) is 6.06. The smallest absolute Gasteiger partial charge is 0.139 e. The van der Waals surface area contributed by atoms with Crippen molar-refractivity contribution in [2.24, 2.45) is 11.7 Å². The lowest BCUT2D eigenvalue weighted by atomic mass is 9.81. The third kappa shape index (κ3) is 3.53. The van der Waals surface area contributed by atoms with Crippen molar-refractivity contribution in [1.29, 1.82) is 0 Å². The zero-order valence-corrected chi connectivity index (χ0v) is 13.2. The average Bonchev–Trinajstić information content (AvgIpc) is 2.34. The highest BCUT2D eigenvalue weighted by Gasteiger charge is 2.25. The van der Waals surface area contributed by atoms with Crippen LogP contribution in [0.4, 0.5) is 0 Å². The summed E-state index contributed by atoms with van der Waals surface area (Å²) in [6, 6.07) is 3.44. The van der Waals surface area contributed by atoms with Crippen molar-refractivity contribution in [3.63, 3.8) is 0 Å². The monoisotopic (exact) mass is 353 g/mol. The molecule has 1 atom stereocenters. The highest BCUT2D eigenvalue weighted by Crippen LogP contribution is 2.40. The van der Waals surface area contributed by atoms with Gasteiger partial charge in [-0.15, -0.1) is 12.4 Å². The molecule has 1 fully saturated rings. The van der Waals surface area contributed by atoms with Crippen LogP contribution in [0.1, 0.15) is 43.7 Å². The van der Waals surface area contributed by atoms with Gasteiger partial charge in [0.15, 0.2) is 0 Å². The minimum Gasteiger partial charge on any atom is -0.506 e. The van der Waals surface area contributed by atoms with E-state index < -0.39 is 0 Å². The summed E-state index contributed by atoms with van der Waals surface area (Å²) in [5.41, 5.74) is 7.03. The van der Waals surface area contributed by atoms with E-state index in [1.807, 2.05) is 6.07 Å². The first-order valence-electron chi connectivity index (χ1n) is 6.03. The van der Waals surface area contributed by atoms with Crippen LogP contribution in [-0.2, 0) is 0 Å². The second-order valence-electron chi connectivity index (χ2n) is 4.75. The van der Waals surface area contributed by atoms with E-state index >= 15 is 0 Å². The maximum atomic E-state index is 9.99. The lowest BCUT2D eigenvalue weighted by Gasteiger charge is -2.28. The van der Waals surface area contributed by atoms with E-state index in [9.17, 15) is 5.11 Å². The first-order chi connectivity index (χ1) is 8.09. The summed E-state index contributed by atoms with van der Waals surface area (Å²) >= 11 is 9.35. The van der Waals surface area contributed by atoms with Gasteiger partial charge in [-0.1, -0.05) is 46.8 Å². The molecule has 0 spiro atoms. The van der Waals surface area contributed by atoms with Crippen LogP contribution in [0.15, 0.2) is 16.6 Å². The molecular weight excluding hydrogens is 337 g/mol. The standard InChI is InChI=1S/C13H17BrClNO.ClH/c14-9-6-10(13(17)11(15)7-9)12(16)8-4-2-1-3-5-8;/h6-8,12,17H,1-5,16H2;1H/t12-;/m1./s1. The Morgan fingerprint density at radius 1 is 1.28 bits per heavy atom. The van der Waals surface area contributed by atoms with Crippen LogP contribution in [0.3, 0.4) is 0 Å². The van der Waals surface area contributed by atoms with Crippen molar-refractivity contribution < 1.29 is 5.11 Å². The van der Waals surface area contributed by atoms with Crippen molar-refractivity contribution in [3.8, 4) is 5.75 Å². The van der Waals surface area contributed by atoms with Crippen LogP contribution >= 0.6 is 39.9 Å². The molecule has 0 heterocycles. The summed E-state index contributed by atoms with van der Waals surface area (Å²) < 4.78 is 0.863. The van der Waals surface area contributed by atoms with Gasteiger partial charge >= 0.3 is 0 Å². The zero-order valence-electron chi connectivity index (χ0n) is 10.0. The second kappa shape index (κ2) is 6.99. The summed E-state index contributed by atoms with van der Waals surface area (Å²) in [5, 5.41) is 10.4. The molecule has 3 N–H and O–H groups in total. The summed E-state index contributed by atoms with van der Waals surface area (Å²) in [6.45, 7) is 0. The Bertz CT molecular complexity index is 408. The Hall–Kier alpha value is 0.0400. The third-order valence-electron chi connectivity index (χ3n) is 3.57. The fourth-order valence-corrected chi connectivity index (χ4v) is 3.42. The molecule has 0 aromatic heterocycles. The molecule has 18 heavy (non-hydrogen) atoms. The molecule has 1 aliphatic rings. The maximum Gasteiger partial charge on any atom is 0.139 e. The predicted octanol–water partition coefficient (Wildman–Crippen LogP) is 4.81. The topological polar surface area (TPSA) is 46.2 Å². The van der Waals surface area contributed by atoms with Crippen molar-refractivity contribution in [2.75, 3.05) is 0 Å². The Morgan fingerprint density at radius 2 is 1.89 bits per heavy atom. The van der Waals surface area contributed by atoms with E-state index in [-0.39, 0.29) is 24.2 Å². The molecule has 5 heteroatoms. The van der Waals surface area contributed by atoms with Crippen molar-refractivity contribution >= 4 is 39.9 Å². The normalized spacial score (nSPS) is 18.2. The van der Waals surface area contributed by atoms with Gasteiger partial charge < -0.3 is 10.8 Å². The highest BCUT2D eigenvalue weighted by atomic mass is 79.9. The second-order valence-corrected chi connectivity index (χ2v) is 6.07. The first kappa shape index (κ1) is 16.1. The minimum absolute atomic E-state index is 0. The van der Waals surface area contributed by atoms with Gasteiger partial charge in [-0.05, 0) is 30.9 Å². The Kier molecular flexibility index (Phi) is 6.25. The van der Waals surface area contributed by atoms with E-state index in [1.54, 1.807) is 6.07 Å². The van der Waals surface area contributed by atoms with Crippen LogP contribution in [0.25, 0.3) is 0 Å². The number of hydrogen-bond acceptors (Lipinski definition) is 2. The van der Waals surface area contributed by atoms with Gasteiger partial charge in [0.1, 0.15) is 5.75 Å². The summed E-state index contributed by atoms with van der Waals surface area (Å²) in [5.74, 6) is 0.591. The molecule has 0 radical (unpaired) electrons. The third-order valence-corrected chi connectivity index (χ3v) is 4.32. The van der Waals surface area contributed by atoms with Gasteiger partial charge in [0.25, 0.3) is 0 Å². The largest absolute Gasteiger partial charge is 0.506 e. The molecule has 1 aromatic rings. The molecule has 0 bridgehead atoms. The highest BCUT2D eigenvalue weighted by molar-refractivity contribution is 9.10. The van der Waals surface area contributed by atoms with E-state index in [2.05, 4.69) is 15.9 Å². The van der Waals surface area contributed by atoms with Crippen LogP contribution in [-0.4, -0.2) is 5.11 Å². The number of phenolic OH excluding ortho intramolecular Hbond substituents is 1. The zero-order chi connectivity index (χ0) is 12.4. The number of phenols is 1. The molecule has 0 amide bonds. The minimum atomic E-state index is -0.120. The fraction of sp³-hybridized carbons (Fsp3) is 0.538. The van der Waals surface area contributed by atoms with E-state index in [1.165, 1.54) is 19.3 Å².